The van der Waals surface area contributed by atoms with Crippen LogP contribution >= 0.6 is 0 Å². The van der Waals surface area contributed by atoms with E-state index < -0.39 is 17.4 Å². The molecule has 0 bridgehead atoms. The molecular formula is C19H36O4. The molecule has 0 N–H and O–H groups in total. The minimum atomic E-state index is -1.25. The van der Waals surface area contributed by atoms with Crippen molar-refractivity contribution < 1.29 is 19.1 Å². The summed E-state index contributed by atoms with van der Waals surface area (Å²) in [5.41, 5.74) is -1.25. The monoisotopic (exact) mass is 328 g/mol. The van der Waals surface area contributed by atoms with Crippen LogP contribution in [0.25, 0.3) is 0 Å². The van der Waals surface area contributed by atoms with Gasteiger partial charge in [-0.2, -0.15) is 0 Å². The van der Waals surface area contributed by atoms with Gasteiger partial charge in [-0.15, -0.1) is 0 Å². The molecule has 4 nitrogen and oxygen atoms in total. The van der Waals surface area contributed by atoms with Gasteiger partial charge < -0.3 is 9.47 Å². The number of rotatable bonds is 12. The van der Waals surface area contributed by atoms with Crippen LogP contribution in [0.4, 0.5) is 0 Å². The first-order valence-electron chi connectivity index (χ1n) is 9.15. The number of hydrogen-bond donors (Lipinski definition) is 0. The Labute approximate surface area is 142 Å². The Kier molecular flexibility index (Phi) is 10.9. The second kappa shape index (κ2) is 11.5. The van der Waals surface area contributed by atoms with E-state index >= 15 is 0 Å². The van der Waals surface area contributed by atoms with Crippen molar-refractivity contribution in [2.75, 3.05) is 6.61 Å². The molecule has 0 aromatic heterocycles. The molecule has 0 rings (SSSR count). The van der Waals surface area contributed by atoms with Crippen LogP contribution in [0, 0.1) is 11.3 Å². The topological polar surface area (TPSA) is 52.6 Å². The number of ether oxygens (including phenoxy) is 2. The maximum absolute atomic E-state index is 12.3. The molecule has 0 spiro atoms. The maximum Gasteiger partial charge on any atom is 0.323 e. The van der Waals surface area contributed by atoms with Crippen molar-refractivity contribution in [3.63, 3.8) is 0 Å². The summed E-state index contributed by atoms with van der Waals surface area (Å²) in [7, 11) is 0. The lowest BCUT2D eigenvalue weighted by Gasteiger charge is -2.26. The van der Waals surface area contributed by atoms with Gasteiger partial charge >= 0.3 is 11.9 Å². The fourth-order valence-corrected chi connectivity index (χ4v) is 2.29. The molecule has 0 radical (unpaired) electrons. The third kappa shape index (κ3) is 8.38. The Hall–Kier alpha value is -1.06. The zero-order chi connectivity index (χ0) is 17.9. The van der Waals surface area contributed by atoms with E-state index in [1.165, 1.54) is 25.7 Å². The third-order valence-corrected chi connectivity index (χ3v) is 4.16. The molecule has 23 heavy (non-hydrogen) atoms. The van der Waals surface area contributed by atoms with Crippen molar-refractivity contribution in [2.24, 2.45) is 11.3 Å². The highest BCUT2D eigenvalue weighted by molar-refractivity contribution is 5.99. The summed E-state index contributed by atoms with van der Waals surface area (Å²) in [6.07, 6.45) is 7.38. The van der Waals surface area contributed by atoms with E-state index in [1.54, 1.807) is 13.8 Å². The molecular weight excluding hydrogens is 292 g/mol. The van der Waals surface area contributed by atoms with Gasteiger partial charge in [0.25, 0.3) is 0 Å². The van der Waals surface area contributed by atoms with Crippen LogP contribution in [0.3, 0.4) is 0 Å². The smallest absolute Gasteiger partial charge is 0.323 e. The fraction of sp³-hybridized carbons (Fsp3) is 0.895. The van der Waals surface area contributed by atoms with E-state index in [-0.39, 0.29) is 12.0 Å². The second-order valence-electron chi connectivity index (χ2n) is 7.12. The average molecular weight is 328 g/mol. The first-order chi connectivity index (χ1) is 10.8. The summed E-state index contributed by atoms with van der Waals surface area (Å²) >= 11 is 0. The quantitative estimate of drug-likeness (QED) is 0.291. The predicted octanol–water partition coefficient (Wildman–Crippen LogP) is 4.89. The highest BCUT2D eigenvalue weighted by atomic mass is 16.6. The van der Waals surface area contributed by atoms with Gasteiger partial charge in [-0.05, 0) is 32.6 Å². The lowest BCUT2D eigenvalue weighted by Crippen LogP contribution is -2.39. The van der Waals surface area contributed by atoms with Crippen LogP contribution in [0.2, 0.25) is 0 Å². The van der Waals surface area contributed by atoms with E-state index in [0.29, 0.717) is 6.61 Å². The van der Waals surface area contributed by atoms with E-state index in [2.05, 4.69) is 6.92 Å². The molecule has 1 atom stereocenters. The molecule has 0 aliphatic heterocycles. The molecule has 0 saturated carbocycles. The minimum Gasteiger partial charge on any atom is -0.465 e. The number of carbonyl (C=O) groups is 2. The second-order valence-corrected chi connectivity index (χ2v) is 7.12. The van der Waals surface area contributed by atoms with E-state index in [1.807, 2.05) is 20.8 Å². The van der Waals surface area contributed by atoms with Crippen molar-refractivity contribution in [1.82, 2.24) is 0 Å². The molecule has 0 amide bonds. The Morgan fingerprint density at radius 1 is 0.913 bits per heavy atom. The molecule has 136 valence electrons. The number of carbonyl (C=O) groups excluding carboxylic acids is 2. The highest BCUT2D eigenvalue weighted by Crippen LogP contribution is 2.23. The summed E-state index contributed by atoms with van der Waals surface area (Å²) in [6, 6.07) is 0. The molecule has 0 saturated heterocycles. The predicted molar refractivity (Wildman–Crippen MR) is 93.1 cm³/mol. The summed E-state index contributed by atoms with van der Waals surface area (Å²) < 4.78 is 10.7. The molecule has 0 fully saturated rings. The Balaban J connectivity index is 4.19. The molecule has 0 aliphatic rings. The molecule has 0 aliphatic carbocycles. The molecule has 4 heteroatoms. The third-order valence-electron chi connectivity index (χ3n) is 4.16. The lowest BCUT2D eigenvalue weighted by atomic mass is 9.93. The van der Waals surface area contributed by atoms with E-state index in [9.17, 15) is 9.59 Å². The number of unbranched alkanes of at least 4 members (excludes halogenated alkanes) is 5. The van der Waals surface area contributed by atoms with E-state index in [0.717, 1.165) is 19.3 Å². The maximum atomic E-state index is 12.3. The zero-order valence-corrected chi connectivity index (χ0v) is 15.9. The normalized spacial score (nSPS) is 13.0. The summed E-state index contributed by atoms with van der Waals surface area (Å²) in [6.45, 7) is 11.7. The van der Waals surface area contributed by atoms with Crippen molar-refractivity contribution in [3.8, 4) is 0 Å². The van der Waals surface area contributed by atoms with Gasteiger partial charge in [-0.1, -0.05) is 59.8 Å². The van der Waals surface area contributed by atoms with Crippen molar-refractivity contribution in [2.45, 2.75) is 92.6 Å². The number of hydrogen-bond acceptors (Lipinski definition) is 4. The molecule has 0 heterocycles. The van der Waals surface area contributed by atoms with Crippen LogP contribution in [0.5, 0.6) is 0 Å². The van der Waals surface area contributed by atoms with Crippen LogP contribution in [-0.2, 0) is 19.1 Å². The van der Waals surface area contributed by atoms with Crippen LogP contribution < -0.4 is 0 Å². The van der Waals surface area contributed by atoms with Crippen LogP contribution in [-0.4, -0.2) is 24.6 Å². The van der Waals surface area contributed by atoms with Crippen molar-refractivity contribution >= 4 is 11.9 Å². The zero-order valence-electron chi connectivity index (χ0n) is 15.9. The largest absolute Gasteiger partial charge is 0.465 e. The van der Waals surface area contributed by atoms with Gasteiger partial charge in [0.05, 0.1) is 6.61 Å². The van der Waals surface area contributed by atoms with Gasteiger partial charge in [0.1, 0.15) is 6.10 Å². The van der Waals surface area contributed by atoms with Gasteiger partial charge in [-0.3, -0.25) is 9.59 Å². The summed E-state index contributed by atoms with van der Waals surface area (Å²) in [5, 5.41) is 0. The fourth-order valence-electron chi connectivity index (χ4n) is 2.29. The Morgan fingerprint density at radius 2 is 1.48 bits per heavy atom. The van der Waals surface area contributed by atoms with Gasteiger partial charge in [-0.25, -0.2) is 0 Å². The summed E-state index contributed by atoms with van der Waals surface area (Å²) in [5.74, 6) is -0.750. The first-order valence-corrected chi connectivity index (χ1v) is 9.15. The minimum absolute atomic E-state index is 0.159. The summed E-state index contributed by atoms with van der Waals surface area (Å²) in [4.78, 5) is 24.4. The van der Waals surface area contributed by atoms with Crippen molar-refractivity contribution in [3.05, 3.63) is 0 Å². The molecule has 0 aromatic carbocycles. The molecule has 1 unspecified atom stereocenters. The van der Waals surface area contributed by atoms with Crippen LogP contribution in [0.1, 0.15) is 86.5 Å². The molecule has 0 aromatic rings. The van der Waals surface area contributed by atoms with Gasteiger partial charge in [0.15, 0.2) is 5.41 Å². The van der Waals surface area contributed by atoms with E-state index in [4.69, 9.17) is 9.47 Å². The van der Waals surface area contributed by atoms with Gasteiger partial charge in [0.2, 0.25) is 0 Å². The Bertz CT molecular complexity index is 347. The first kappa shape index (κ1) is 21.9. The number of esters is 2. The van der Waals surface area contributed by atoms with Crippen LogP contribution in [0.15, 0.2) is 0 Å². The highest BCUT2D eigenvalue weighted by Gasteiger charge is 2.40. The van der Waals surface area contributed by atoms with Crippen molar-refractivity contribution in [1.29, 1.82) is 0 Å². The van der Waals surface area contributed by atoms with Gasteiger partial charge in [0, 0.05) is 0 Å². The lowest BCUT2D eigenvalue weighted by molar-refractivity contribution is -0.174. The Morgan fingerprint density at radius 3 is 2.00 bits per heavy atom. The average Bonchev–Trinajstić information content (AvgIpc) is 2.50. The SMILES string of the molecule is CCCCCCCCOC(=O)C(C)(C)C(=O)OC(CC)C(C)C. The standard InChI is InChI=1S/C19H36O4/c1-7-9-10-11-12-13-14-22-17(20)19(5,6)18(21)23-16(8-2)15(3)4/h15-16H,7-14H2,1-6H3.